The Balaban J connectivity index is 5.45. The van der Waals surface area contributed by atoms with Gasteiger partial charge in [0.25, 0.3) is 0 Å². The minimum Gasteiger partial charge on any atom is -0.462 e. The van der Waals surface area contributed by atoms with E-state index in [1.807, 2.05) is 0 Å². The second kappa shape index (κ2) is 75.6. The summed E-state index contributed by atoms with van der Waals surface area (Å²) in [6, 6.07) is 0. The summed E-state index contributed by atoms with van der Waals surface area (Å²) in [7, 11) is -10.00. The van der Waals surface area contributed by atoms with Crippen molar-refractivity contribution in [1.82, 2.24) is 0 Å². The summed E-state index contributed by atoms with van der Waals surface area (Å²) in [6.45, 7) is 4.34. The van der Waals surface area contributed by atoms with E-state index in [1.165, 1.54) is 0 Å². The molecule has 0 spiro atoms. The molecule has 0 aliphatic heterocycles. The summed E-state index contributed by atoms with van der Waals surface area (Å²) in [5, 5.41) is 10.6. The molecule has 0 radical (unpaired) electrons. The number of phosphoric ester groups is 2. The molecule has 5 unspecified atom stereocenters. The van der Waals surface area contributed by atoms with Crippen molar-refractivity contribution in [2.24, 2.45) is 0 Å². The van der Waals surface area contributed by atoms with Gasteiger partial charge in [-0.05, 0) is 167 Å². The predicted octanol–water partition coefficient (Wildman–Crippen LogP) is 23.0. The second-order valence-electron chi connectivity index (χ2n) is 25.5. The molecule has 0 aliphatic rings. The number of carbonyl (C=O) groups is 4. The van der Waals surface area contributed by atoms with Crippen molar-refractivity contribution < 1.29 is 80.2 Å². The van der Waals surface area contributed by atoms with Gasteiger partial charge < -0.3 is 33.8 Å². The first kappa shape index (κ1) is 98.4. The van der Waals surface area contributed by atoms with Crippen LogP contribution in [0.15, 0.2) is 170 Å². The van der Waals surface area contributed by atoms with Crippen LogP contribution in [0.3, 0.4) is 0 Å². The van der Waals surface area contributed by atoms with Crippen molar-refractivity contribution in [2.75, 3.05) is 39.6 Å². The van der Waals surface area contributed by atoms with Gasteiger partial charge in [-0.2, -0.15) is 0 Å². The van der Waals surface area contributed by atoms with Crippen LogP contribution in [0.1, 0.15) is 285 Å². The van der Waals surface area contributed by atoms with Gasteiger partial charge in [0.15, 0.2) is 12.2 Å². The van der Waals surface area contributed by atoms with Crippen LogP contribution in [0, 0.1) is 0 Å². The SMILES string of the molecule is CC/C=C\C/C=C\C/C=C\C/C=C\CCCCCCCCC(=O)OCC(COP(=O)(O)OCC(O)COP(=O)(O)OCC(COC(=O)CCCC/C=C\C/C=C\C/C=C\C/C=C\CC)OC(=O)CCCCCCC/C=C\C/C=C\CCC)OC(=O)CCCCCC/C=C\C/C=C\C/C=C\C/C=C\CC. The molecular weight excluding hydrogens is 1350 g/mol. The highest BCUT2D eigenvalue weighted by atomic mass is 31.2. The Kier molecular flexibility index (Phi) is 71.6. The van der Waals surface area contributed by atoms with Crippen LogP contribution in [0.5, 0.6) is 0 Å². The number of phosphoric acid groups is 2. The first-order valence-electron chi connectivity index (χ1n) is 39.4. The Morgan fingerprint density at radius 1 is 0.279 bits per heavy atom. The molecule has 0 heterocycles. The topological polar surface area (TPSA) is 237 Å². The molecule has 590 valence electrons. The second-order valence-corrected chi connectivity index (χ2v) is 28.4. The summed E-state index contributed by atoms with van der Waals surface area (Å²) in [4.78, 5) is 73.0. The maximum absolute atomic E-state index is 13.1. The third-order valence-corrected chi connectivity index (χ3v) is 17.5. The van der Waals surface area contributed by atoms with E-state index in [2.05, 4.69) is 198 Å². The molecule has 0 amide bonds. The molecule has 0 saturated carbocycles. The van der Waals surface area contributed by atoms with Gasteiger partial charge in [-0.15, -0.1) is 0 Å². The molecule has 0 fully saturated rings. The van der Waals surface area contributed by atoms with Gasteiger partial charge in [0.1, 0.15) is 19.3 Å². The third-order valence-electron chi connectivity index (χ3n) is 15.6. The molecule has 3 N–H and O–H groups in total. The van der Waals surface area contributed by atoms with Gasteiger partial charge in [0.2, 0.25) is 0 Å². The standard InChI is InChI=1S/C85H138O17P2/c1-5-9-13-17-21-25-29-33-36-38-39-41-43-47-50-54-58-62-66-70-83(88)96-76-81(102-85(90)72-68-64-60-56-52-48-44-40-37-34-30-26-22-18-14-10-6-2)78-100-104(93,94)98-74-79(86)73-97-103(91,92)99-77-80(101-84(89)71-67-63-59-55-51-45-32-28-24-20-16-12-8-4)75-95-82(87)69-65-61-57-53-49-46-42-35-31-27-23-19-15-11-7-3/h9-11,13-16,20-23,25-28,32-37,39,41-42,44,48-49,53,79-81,86H,5-8,12,17-19,24,29-31,38,40,43,45-47,50-52,54-78H2,1-4H3,(H,91,92)(H,93,94)/b13-9-,14-10-,15-11-,20-16-,25-21-,26-22-,27-23-,32-28-,36-33-,37-34-,41-39-,42-35-,48-44-,53-49-. The number of carbonyl (C=O) groups excluding carboxylic acids is 4. The highest BCUT2D eigenvalue weighted by molar-refractivity contribution is 7.47. The number of esters is 4. The summed E-state index contributed by atoms with van der Waals surface area (Å²) >= 11 is 0. The Labute approximate surface area is 629 Å². The fourth-order valence-electron chi connectivity index (χ4n) is 9.76. The minimum absolute atomic E-state index is 0.0561. The molecule has 0 saturated heterocycles. The predicted molar refractivity (Wildman–Crippen MR) is 426 cm³/mol. The van der Waals surface area contributed by atoms with Gasteiger partial charge in [0, 0.05) is 25.7 Å². The van der Waals surface area contributed by atoms with Gasteiger partial charge in [-0.3, -0.25) is 37.3 Å². The Morgan fingerprint density at radius 2 is 0.500 bits per heavy atom. The van der Waals surface area contributed by atoms with E-state index < -0.39 is 97.5 Å². The Hall–Kier alpha value is -5.58. The molecule has 5 atom stereocenters. The minimum atomic E-state index is -5.00. The summed E-state index contributed by atoms with van der Waals surface area (Å²) in [6.07, 6.45) is 89.1. The number of aliphatic hydroxyl groups excluding tert-OH is 1. The molecule has 17 nitrogen and oxygen atoms in total. The lowest BCUT2D eigenvalue weighted by Gasteiger charge is -2.21. The number of allylic oxidation sites excluding steroid dienone is 28. The van der Waals surface area contributed by atoms with Crippen LogP contribution in [0.4, 0.5) is 0 Å². The molecular formula is C85H138O17P2. The van der Waals surface area contributed by atoms with Crippen molar-refractivity contribution in [3.63, 3.8) is 0 Å². The summed E-state index contributed by atoms with van der Waals surface area (Å²) in [5.74, 6) is -2.29. The van der Waals surface area contributed by atoms with Crippen LogP contribution in [-0.2, 0) is 65.4 Å². The largest absolute Gasteiger partial charge is 0.472 e. The van der Waals surface area contributed by atoms with Crippen LogP contribution in [0.25, 0.3) is 0 Å². The maximum Gasteiger partial charge on any atom is 0.472 e. The lowest BCUT2D eigenvalue weighted by molar-refractivity contribution is -0.161. The molecule has 0 aromatic rings. The molecule has 19 heteroatoms. The fourth-order valence-corrected chi connectivity index (χ4v) is 11.3. The van der Waals surface area contributed by atoms with Crippen molar-refractivity contribution in [3.8, 4) is 0 Å². The van der Waals surface area contributed by atoms with E-state index >= 15 is 0 Å². The summed E-state index contributed by atoms with van der Waals surface area (Å²) < 4.78 is 68.5. The first-order valence-corrected chi connectivity index (χ1v) is 42.4. The van der Waals surface area contributed by atoms with Gasteiger partial charge >= 0.3 is 39.5 Å². The van der Waals surface area contributed by atoms with Crippen LogP contribution in [-0.4, -0.2) is 96.7 Å². The fraction of sp³-hybridized carbons (Fsp3) is 0.624. The zero-order valence-electron chi connectivity index (χ0n) is 64.4. The number of hydrogen-bond donors (Lipinski definition) is 3. The third kappa shape index (κ3) is 74.7. The van der Waals surface area contributed by atoms with Crippen LogP contribution >= 0.6 is 15.6 Å². The van der Waals surface area contributed by atoms with Gasteiger partial charge in [0.05, 0.1) is 26.4 Å². The molecule has 0 aliphatic carbocycles. The number of hydrogen-bond acceptors (Lipinski definition) is 15. The van der Waals surface area contributed by atoms with Crippen molar-refractivity contribution in [2.45, 2.75) is 303 Å². The number of rotatable bonds is 72. The summed E-state index contributed by atoms with van der Waals surface area (Å²) in [5.41, 5.74) is 0. The molecule has 0 rings (SSSR count). The van der Waals surface area contributed by atoms with E-state index in [0.29, 0.717) is 25.7 Å². The zero-order chi connectivity index (χ0) is 76.0. The highest BCUT2D eigenvalue weighted by Gasteiger charge is 2.30. The van der Waals surface area contributed by atoms with E-state index in [9.17, 15) is 43.2 Å². The van der Waals surface area contributed by atoms with E-state index in [0.717, 1.165) is 205 Å². The smallest absolute Gasteiger partial charge is 0.462 e. The van der Waals surface area contributed by atoms with Crippen LogP contribution in [0.2, 0.25) is 0 Å². The first-order chi connectivity index (χ1) is 50.7. The van der Waals surface area contributed by atoms with Crippen molar-refractivity contribution in [3.05, 3.63) is 170 Å². The lowest BCUT2D eigenvalue weighted by Crippen LogP contribution is -2.30. The highest BCUT2D eigenvalue weighted by Crippen LogP contribution is 2.45. The Morgan fingerprint density at radius 3 is 0.788 bits per heavy atom. The van der Waals surface area contributed by atoms with Gasteiger partial charge in [-0.1, -0.05) is 262 Å². The number of aliphatic hydroxyl groups is 1. The molecule has 0 bridgehead atoms. The lowest BCUT2D eigenvalue weighted by atomic mass is 10.1. The van der Waals surface area contributed by atoms with Gasteiger partial charge in [-0.25, -0.2) is 9.13 Å². The monoisotopic (exact) mass is 1490 g/mol. The normalized spacial score (nSPS) is 14.8. The molecule has 104 heavy (non-hydrogen) atoms. The maximum atomic E-state index is 13.1. The van der Waals surface area contributed by atoms with Crippen molar-refractivity contribution in [1.29, 1.82) is 0 Å². The Bertz CT molecular complexity index is 2640. The van der Waals surface area contributed by atoms with E-state index in [1.54, 1.807) is 0 Å². The zero-order valence-corrected chi connectivity index (χ0v) is 66.2. The number of ether oxygens (including phenoxy) is 4. The van der Waals surface area contributed by atoms with E-state index in [4.69, 9.17) is 37.0 Å². The average Bonchev–Trinajstić information content (AvgIpc) is 0.911. The quantitative estimate of drug-likeness (QED) is 0.0169. The van der Waals surface area contributed by atoms with Crippen LogP contribution < -0.4 is 0 Å². The molecule has 0 aromatic carbocycles. The van der Waals surface area contributed by atoms with Crippen molar-refractivity contribution >= 4 is 39.5 Å². The molecule has 0 aromatic heterocycles. The van der Waals surface area contributed by atoms with E-state index in [-0.39, 0.29) is 25.7 Å². The number of unbranched alkanes of at least 4 members (excludes halogenated alkanes) is 18. The average molecular weight is 1490 g/mol.